The molecule has 0 radical (unpaired) electrons. The highest BCUT2D eigenvalue weighted by atomic mass is 14.9. The summed E-state index contributed by atoms with van der Waals surface area (Å²) in [5, 5.41) is 3.60. The van der Waals surface area contributed by atoms with Crippen LogP contribution in [0.3, 0.4) is 0 Å². The van der Waals surface area contributed by atoms with E-state index in [9.17, 15) is 0 Å². The maximum atomic E-state index is 3.60. The van der Waals surface area contributed by atoms with Crippen molar-refractivity contribution in [2.75, 3.05) is 6.54 Å². The van der Waals surface area contributed by atoms with Gasteiger partial charge in [0.2, 0.25) is 0 Å². The van der Waals surface area contributed by atoms with Crippen molar-refractivity contribution in [1.82, 2.24) is 5.32 Å². The summed E-state index contributed by atoms with van der Waals surface area (Å²) in [5.74, 6) is 0. The SMILES string of the molecule is CCNC(c1ccccc1)c1cc(C)c(C)cc1C. The van der Waals surface area contributed by atoms with Crippen LogP contribution in [0.1, 0.15) is 40.8 Å². The molecule has 0 saturated heterocycles. The van der Waals surface area contributed by atoms with Gasteiger partial charge >= 0.3 is 0 Å². The van der Waals surface area contributed by atoms with E-state index >= 15 is 0 Å². The van der Waals surface area contributed by atoms with Crippen molar-refractivity contribution < 1.29 is 0 Å². The first-order chi connectivity index (χ1) is 9.13. The largest absolute Gasteiger partial charge is 0.307 e. The van der Waals surface area contributed by atoms with Crippen LogP contribution in [0.2, 0.25) is 0 Å². The summed E-state index contributed by atoms with van der Waals surface area (Å²) in [4.78, 5) is 0. The number of rotatable bonds is 4. The van der Waals surface area contributed by atoms with Gasteiger partial charge in [0.15, 0.2) is 0 Å². The van der Waals surface area contributed by atoms with E-state index in [1.807, 2.05) is 0 Å². The van der Waals surface area contributed by atoms with Gasteiger partial charge in [-0.05, 0) is 55.1 Å². The van der Waals surface area contributed by atoms with Crippen molar-refractivity contribution in [3.05, 3.63) is 70.3 Å². The van der Waals surface area contributed by atoms with Crippen LogP contribution in [0.25, 0.3) is 0 Å². The average molecular weight is 253 g/mol. The van der Waals surface area contributed by atoms with Crippen LogP contribution >= 0.6 is 0 Å². The van der Waals surface area contributed by atoms with Gasteiger partial charge in [-0.25, -0.2) is 0 Å². The molecule has 1 heteroatoms. The number of benzene rings is 2. The second-order valence-electron chi connectivity index (χ2n) is 5.19. The molecule has 0 bridgehead atoms. The molecule has 0 aliphatic rings. The van der Waals surface area contributed by atoms with Gasteiger partial charge in [-0.1, -0.05) is 49.4 Å². The minimum atomic E-state index is 0.283. The van der Waals surface area contributed by atoms with Gasteiger partial charge in [0.1, 0.15) is 0 Å². The van der Waals surface area contributed by atoms with Gasteiger partial charge in [0.25, 0.3) is 0 Å². The van der Waals surface area contributed by atoms with Gasteiger partial charge in [0.05, 0.1) is 6.04 Å². The van der Waals surface area contributed by atoms with E-state index in [4.69, 9.17) is 0 Å². The minimum absolute atomic E-state index is 0.283. The average Bonchev–Trinajstić information content (AvgIpc) is 2.42. The minimum Gasteiger partial charge on any atom is -0.307 e. The summed E-state index contributed by atoms with van der Waals surface area (Å²) in [5.41, 5.74) is 6.80. The third-order valence-electron chi connectivity index (χ3n) is 3.73. The number of hydrogen-bond donors (Lipinski definition) is 1. The van der Waals surface area contributed by atoms with E-state index in [0.717, 1.165) is 6.54 Å². The van der Waals surface area contributed by atoms with Crippen molar-refractivity contribution in [3.63, 3.8) is 0 Å². The van der Waals surface area contributed by atoms with Crippen LogP contribution in [0.4, 0.5) is 0 Å². The Balaban J connectivity index is 2.48. The first kappa shape index (κ1) is 13.8. The Kier molecular flexibility index (Phi) is 4.39. The number of hydrogen-bond acceptors (Lipinski definition) is 1. The molecule has 2 aromatic rings. The zero-order chi connectivity index (χ0) is 13.8. The van der Waals surface area contributed by atoms with Gasteiger partial charge in [-0.15, -0.1) is 0 Å². The lowest BCUT2D eigenvalue weighted by atomic mass is 9.91. The van der Waals surface area contributed by atoms with Gasteiger partial charge < -0.3 is 5.32 Å². The quantitative estimate of drug-likeness (QED) is 0.856. The molecule has 2 rings (SSSR count). The Morgan fingerprint density at radius 2 is 1.53 bits per heavy atom. The van der Waals surface area contributed by atoms with Crippen LogP contribution in [-0.2, 0) is 0 Å². The fourth-order valence-corrected chi connectivity index (χ4v) is 2.55. The van der Waals surface area contributed by atoms with Crippen molar-refractivity contribution >= 4 is 0 Å². The fourth-order valence-electron chi connectivity index (χ4n) is 2.55. The van der Waals surface area contributed by atoms with E-state index in [1.54, 1.807) is 0 Å². The predicted molar refractivity (Wildman–Crippen MR) is 82.6 cm³/mol. The summed E-state index contributed by atoms with van der Waals surface area (Å²) in [6, 6.07) is 15.6. The molecule has 19 heavy (non-hydrogen) atoms. The van der Waals surface area contributed by atoms with Crippen LogP contribution in [0, 0.1) is 20.8 Å². The highest BCUT2D eigenvalue weighted by molar-refractivity contribution is 5.42. The molecule has 0 aliphatic carbocycles. The maximum absolute atomic E-state index is 3.60. The molecule has 100 valence electrons. The first-order valence-electron chi connectivity index (χ1n) is 6.99. The molecule has 2 aromatic carbocycles. The zero-order valence-electron chi connectivity index (χ0n) is 12.3. The summed E-state index contributed by atoms with van der Waals surface area (Å²) in [6.07, 6.45) is 0. The van der Waals surface area contributed by atoms with Crippen LogP contribution in [-0.4, -0.2) is 6.54 Å². The Morgan fingerprint density at radius 3 is 2.16 bits per heavy atom. The molecule has 1 unspecified atom stereocenters. The summed E-state index contributed by atoms with van der Waals surface area (Å²) in [7, 11) is 0. The molecule has 0 heterocycles. The van der Waals surface area contributed by atoms with Gasteiger partial charge in [0, 0.05) is 0 Å². The summed E-state index contributed by atoms with van der Waals surface area (Å²) < 4.78 is 0. The Bertz CT molecular complexity index is 543. The smallest absolute Gasteiger partial charge is 0.0579 e. The summed E-state index contributed by atoms with van der Waals surface area (Å²) >= 11 is 0. The van der Waals surface area contributed by atoms with Crippen molar-refractivity contribution in [2.45, 2.75) is 33.7 Å². The van der Waals surface area contributed by atoms with E-state index in [0.29, 0.717) is 0 Å². The zero-order valence-corrected chi connectivity index (χ0v) is 12.3. The standard InChI is InChI=1S/C18H23N/c1-5-19-18(16-9-7-6-8-10-16)17-12-14(3)13(2)11-15(17)4/h6-12,18-19H,5H2,1-4H3. The number of nitrogens with one attached hydrogen (secondary N) is 1. The Hall–Kier alpha value is -1.60. The lowest BCUT2D eigenvalue weighted by Gasteiger charge is -2.22. The van der Waals surface area contributed by atoms with Gasteiger partial charge in [-0.3, -0.25) is 0 Å². The normalized spacial score (nSPS) is 12.4. The molecule has 1 nitrogen and oxygen atoms in total. The van der Waals surface area contributed by atoms with Gasteiger partial charge in [-0.2, -0.15) is 0 Å². The monoisotopic (exact) mass is 253 g/mol. The highest BCUT2D eigenvalue weighted by Crippen LogP contribution is 2.27. The molecular weight excluding hydrogens is 230 g/mol. The lowest BCUT2D eigenvalue weighted by Crippen LogP contribution is -2.23. The fraction of sp³-hybridized carbons (Fsp3) is 0.333. The Morgan fingerprint density at radius 1 is 0.895 bits per heavy atom. The van der Waals surface area contributed by atoms with E-state index in [-0.39, 0.29) is 6.04 Å². The van der Waals surface area contributed by atoms with Crippen molar-refractivity contribution in [3.8, 4) is 0 Å². The highest BCUT2D eigenvalue weighted by Gasteiger charge is 2.15. The molecule has 0 aliphatic heterocycles. The molecule has 0 spiro atoms. The third kappa shape index (κ3) is 3.05. The van der Waals surface area contributed by atoms with E-state index in [2.05, 4.69) is 75.5 Å². The van der Waals surface area contributed by atoms with Crippen LogP contribution < -0.4 is 5.32 Å². The van der Waals surface area contributed by atoms with E-state index < -0.39 is 0 Å². The van der Waals surface area contributed by atoms with Crippen LogP contribution in [0.15, 0.2) is 42.5 Å². The molecule has 0 saturated carbocycles. The second kappa shape index (κ2) is 6.03. The Labute approximate surface area is 116 Å². The predicted octanol–water partition coefficient (Wildman–Crippen LogP) is 4.31. The maximum Gasteiger partial charge on any atom is 0.0579 e. The van der Waals surface area contributed by atoms with Crippen LogP contribution in [0.5, 0.6) is 0 Å². The lowest BCUT2D eigenvalue weighted by molar-refractivity contribution is 0.627. The van der Waals surface area contributed by atoms with Crippen molar-refractivity contribution in [1.29, 1.82) is 0 Å². The van der Waals surface area contributed by atoms with E-state index in [1.165, 1.54) is 27.8 Å². The van der Waals surface area contributed by atoms with Crippen molar-refractivity contribution in [2.24, 2.45) is 0 Å². The molecule has 1 N–H and O–H groups in total. The number of aryl methyl sites for hydroxylation is 3. The molecule has 0 aromatic heterocycles. The second-order valence-corrected chi connectivity index (χ2v) is 5.19. The molecular formula is C18H23N. The first-order valence-corrected chi connectivity index (χ1v) is 6.99. The molecule has 1 atom stereocenters. The molecule has 0 amide bonds. The molecule has 0 fully saturated rings. The topological polar surface area (TPSA) is 12.0 Å². The summed E-state index contributed by atoms with van der Waals surface area (Å²) in [6.45, 7) is 9.69. The third-order valence-corrected chi connectivity index (χ3v) is 3.73.